The van der Waals surface area contributed by atoms with Crippen molar-refractivity contribution in [2.24, 2.45) is 0 Å². The molecule has 3 aromatic rings. The predicted molar refractivity (Wildman–Crippen MR) is 90.9 cm³/mol. The summed E-state index contributed by atoms with van der Waals surface area (Å²) in [7, 11) is 0. The molecule has 1 unspecified atom stereocenters. The van der Waals surface area contributed by atoms with Crippen LogP contribution in [0.2, 0.25) is 0 Å². The molecule has 142 valence electrons. The number of rotatable bonds is 5. The van der Waals surface area contributed by atoms with E-state index in [4.69, 9.17) is 0 Å². The predicted octanol–water partition coefficient (Wildman–Crippen LogP) is 3.65. The van der Waals surface area contributed by atoms with E-state index in [0.717, 1.165) is 4.68 Å². The Labute approximate surface area is 158 Å². The molecule has 2 heterocycles. The molecule has 2 aromatic heterocycles. The van der Waals surface area contributed by atoms with Gasteiger partial charge < -0.3 is 5.32 Å². The number of nitrogens with zero attached hydrogens (tertiary/aromatic N) is 4. The Morgan fingerprint density at radius 1 is 1.26 bits per heavy atom. The third kappa shape index (κ3) is 4.02. The molecule has 0 aliphatic carbocycles. The van der Waals surface area contributed by atoms with Crippen molar-refractivity contribution in [2.75, 3.05) is 5.32 Å². The van der Waals surface area contributed by atoms with E-state index >= 15 is 0 Å². The van der Waals surface area contributed by atoms with Crippen LogP contribution in [0.4, 0.5) is 23.4 Å². The third-order valence-electron chi connectivity index (χ3n) is 3.76. The molecular weight excluding hydrogens is 434 g/mol. The Balaban J connectivity index is 1.73. The molecule has 1 aromatic carbocycles. The molecule has 0 aliphatic rings. The molecule has 1 amide bonds. The number of carbonyl (C=O) groups excluding carboxylic acids is 1. The molecule has 11 heteroatoms. The quantitative estimate of drug-likeness (QED) is 0.481. The largest absolute Gasteiger partial charge is 0.307 e. The van der Waals surface area contributed by atoms with Gasteiger partial charge in [-0.05, 0) is 22.9 Å². The highest BCUT2D eigenvalue weighted by Crippen LogP contribution is 2.21. The Bertz CT molecular complexity index is 977. The van der Waals surface area contributed by atoms with Gasteiger partial charge in [0.15, 0.2) is 29.1 Å². The summed E-state index contributed by atoms with van der Waals surface area (Å²) in [4.78, 5) is 12.2. The Kier molecular flexibility index (Phi) is 5.31. The Morgan fingerprint density at radius 2 is 1.93 bits per heavy atom. The number of halogens is 5. The molecule has 0 saturated carbocycles. The average molecular weight is 446 g/mol. The van der Waals surface area contributed by atoms with Gasteiger partial charge in [0.1, 0.15) is 6.04 Å². The van der Waals surface area contributed by atoms with E-state index in [9.17, 15) is 22.4 Å². The summed E-state index contributed by atoms with van der Waals surface area (Å²) in [5.74, 6) is -6.30. The maximum atomic E-state index is 13.7. The Hall–Kier alpha value is -2.69. The summed E-state index contributed by atoms with van der Waals surface area (Å²) >= 11 is 3.23. The van der Waals surface area contributed by atoms with E-state index in [1.807, 2.05) is 0 Å². The van der Waals surface area contributed by atoms with Gasteiger partial charge in [0.25, 0.3) is 0 Å². The normalized spacial score (nSPS) is 12.2. The van der Waals surface area contributed by atoms with Crippen LogP contribution in [-0.4, -0.2) is 25.5 Å². The standard InChI is InChI=1S/C16H12BrF4N5O/c1-8(26-6-9(17)5-22-26)16(27)23-13-2-3-25(24-13)7-10-14(20)11(18)4-12(19)15(10)21/h2-6,8H,7H2,1H3,(H,23,24,27). The molecule has 27 heavy (non-hydrogen) atoms. The maximum Gasteiger partial charge on any atom is 0.250 e. The summed E-state index contributed by atoms with van der Waals surface area (Å²) < 4.78 is 57.2. The van der Waals surface area contributed by atoms with Gasteiger partial charge >= 0.3 is 0 Å². The summed E-state index contributed by atoms with van der Waals surface area (Å²) in [5, 5.41) is 10.5. The number of carbonyl (C=O) groups is 1. The van der Waals surface area contributed by atoms with Gasteiger partial charge in [-0.2, -0.15) is 10.2 Å². The van der Waals surface area contributed by atoms with Crippen molar-refractivity contribution in [1.82, 2.24) is 19.6 Å². The number of hydrogen-bond donors (Lipinski definition) is 1. The molecule has 3 rings (SSSR count). The van der Waals surface area contributed by atoms with Gasteiger partial charge in [-0.15, -0.1) is 0 Å². The van der Waals surface area contributed by atoms with E-state index < -0.39 is 47.3 Å². The molecule has 0 radical (unpaired) electrons. The fourth-order valence-electron chi connectivity index (χ4n) is 2.32. The first-order valence-corrected chi connectivity index (χ1v) is 8.41. The molecule has 1 N–H and O–H groups in total. The lowest BCUT2D eigenvalue weighted by Crippen LogP contribution is -2.24. The second kappa shape index (κ2) is 7.51. The minimum Gasteiger partial charge on any atom is -0.307 e. The SMILES string of the molecule is CC(C(=O)Nc1ccn(Cc2c(F)c(F)cc(F)c2F)n1)n1cc(Br)cn1. The van der Waals surface area contributed by atoms with Gasteiger partial charge in [-0.3, -0.25) is 14.2 Å². The zero-order valence-electron chi connectivity index (χ0n) is 13.8. The van der Waals surface area contributed by atoms with E-state index in [2.05, 4.69) is 31.4 Å². The van der Waals surface area contributed by atoms with Gasteiger partial charge in [0.2, 0.25) is 5.91 Å². The van der Waals surface area contributed by atoms with Crippen LogP contribution in [-0.2, 0) is 11.3 Å². The lowest BCUT2D eigenvalue weighted by Gasteiger charge is -2.11. The van der Waals surface area contributed by atoms with Crippen molar-refractivity contribution >= 4 is 27.7 Å². The maximum absolute atomic E-state index is 13.7. The Morgan fingerprint density at radius 3 is 2.52 bits per heavy atom. The lowest BCUT2D eigenvalue weighted by molar-refractivity contribution is -0.119. The second-order valence-corrected chi connectivity index (χ2v) is 6.56. The number of aromatic nitrogens is 4. The zero-order chi connectivity index (χ0) is 19.7. The topological polar surface area (TPSA) is 64.7 Å². The molecular formula is C16H12BrF4N5O. The fourth-order valence-corrected chi connectivity index (χ4v) is 2.62. The summed E-state index contributed by atoms with van der Waals surface area (Å²) in [6.07, 6.45) is 4.46. The number of hydrogen-bond acceptors (Lipinski definition) is 3. The van der Waals surface area contributed by atoms with Gasteiger partial charge in [-0.25, -0.2) is 17.6 Å². The van der Waals surface area contributed by atoms with E-state index in [1.165, 1.54) is 23.1 Å². The first-order valence-electron chi connectivity index (χ1n) is 7.62. The first kappa shape index (κ1) is 19.1. The van der Waals surface area contributed by atoms with Gasteiger partial charge in [0, 0.05) is 24.5 Å². The highest BCUT2D eigenvalue weighted by Gasteiger charge is 2.20. The van der Waals surface area contributed by atoms with Crippen LogP contribution in [0.3, 0.4) is 0 Å². The van der Waals surface area contributed by atoms with E-state index in [0.29, 0.717) is 4.47 Å². The average Bonchev–Trinajstić information content (AvgIpc) is 3.25. The fraction of sp³-hybridized carbons (Fsp3) is 0.188. The first-order chi connectivity index (χ1) is 12.8. The zero-order valence-corrected chi connectivity index (χ0v) is 15.3. The van der Waals surface area contributed by atoms with Crippen LogP contribution in [0.5, 0.6) is 0 Å². The molecule has 6 nitrogen and oxygen atoms in total. The molecule has 1 atom stereocenters. The highest BCUT2D eigenvalue weighted by molar-refractivity contribution is 9.10. The highest BCUT2D eigenvalue weighted by atomic mass is 79.9. The molecule has 0 fully saturated rings. The smallest absolute Gasteiger partial charge is 0.250 e. The van der Waals surface area contributed by atoms with Crippen molar-refractivity contribution in [2.45, 2.75) is 19.5 Å². The van der Waals surface area contributed by atoms with E-state index in [1.54, 1.807) is 13.1 Å². The van der Waals surface area contributed by atoms with Crippen molar-refractivity contribution in [3.63, 3.8) is 0 Å². The molecule has 0 spiro atoms. The number of benzene rings is 1. The lowest BCUT2D eigenvalue weighted by atomic mass is 10.2. The van der Waals surface area contributed by atoms with Gasteiger partial charge in [0.05, 0.1) is 22.8 Å². The van der Waals surface area contributed by atoms with Crippen molar-refractivity contribution in [3.8, 4) is 0 Å². The minimum atomic E-state index is -1.50. The monoisotopic (exact) mass is 445 g/mol. The van der Waals surface area contributed by atoms with Crippen LogP contribution in [0.25, 0.3) is 0 Å². The van der Waals surface area contributed by atoms with Crippen LogP contribution >= 0.6 is 15.9 Å². The van der Waals surface area contributed by atoms with Gasteiger partial charge in [-0.1, -0.05) is 0 Å². The van der Waals surface area contributed by atoms with Crippen LogP contribution in [0, 0.1) is 23.3 Å². The van der Waals surface area contributed by atoms with Crippen molar-refractivity contribution in [1.29, 1.82) is 0 Å². The number of amides is 1. The summed E-state index contributed by atoms with van der Waals surface area (Å²) in [6.45, 7) is 1.07. The molecule has 0 saturated heterocycles. The summed E-state index contributed by atoms with van der Waals surface area (Å²) in [5.41, 5.74) is -0.803. The third-order valence-corrected chi connectivity index (χ3v) is 4.17. The van der Waals surface area contributed by atoms with E-state index in [-0.39, 0.29) is 11.9 Å². The molecule has 0 bridgehead atoms. The molecule has 0 aliphatic heterocycles. The second-order valence-electron chi connectivity index (χ2n) is 5.65. The number of nitrogens with one attached hydrogen (secondary N) is 1. The summed E-state index contributed by atoms with van der Waals surface area (Å²) in [6, 6.07) is 0.876. The van der Waals surface area contributed by atoms with Crippen LogP contribution < -0.4 is 5.32 Å². The van der Waals surface area contributed by atoms with Crippen molar-refractivity contribution < 1.29 is 22.4 Å². The minimum absolute atomic E-state index is 0.107. The van der Waals surface area contributed by atoms with Crippen LogP contribution in [0.1, 0.15) is 18.5 Å². The number of anilines is 1. The van der Waals surface area contributed by atoms with Crippen molar-refractivity contribution in [3.05, 3.63) is 64.0 Å². The van der Waals surface area contributed by atoms with Crippen LogP contribution in [0.15, 0.2) is 35.2 Å².